The molecule has 0 aliphatic heterocycles. The van der Waals surface area contributed by atoms with E-state index in [2.05, 4.69) is 51.9 Å². The number of aromatic nitrogens is 5. The fraction of sp³-hybridized carbons (Fsp3) is 0.458. The third-order valence-corrected chi connectivity index (χ3v) is 7.32. The Bertz CT molecular complexity index is 1100. The van der Waals surface area contributed by atoms with Gasteiger partial charge in [0.2, 0.25) is 5.95 Å². The maximum atomic E-state index is 12.2. The smallest absolute Gasteiger partial charge is 0.325 e. The van der Waals surface area contributed by atoms with E-state index >= 15 is 0 Å². The first kappa shape index (κ1) is 23.4. The summed E-state index contributed by atoms with van der Waals surface area (Å²) in [5, 5.41) is 18.1. The fourth-order valence-electron chi connectivity index (χ4n) is 4.76. The van der Waals surface area contributed by atoms with Crippen LogP contribution in [-0.4, -0.2) is 43.3 Å². The lowest BCUT2D eigenvalue weighted by molar-refractivity contribution is 0.237. The minimum absolute atomic E-state index is 0.153. The highest BCUT2D eigenvalue weighted by molar-refractivity contribution is 7.97. The number of hydrogen-bond donors (Lipinski definition) is 5. The lowest BCUT2D eigenvalue weighted by Crippen LogP contribution is -2.43. The van der Waals surface area contributed by atoms with Gasteiger partial charge in [-0.2, -0.15) is 10.1 Å². The summed E-state index contributed by atoms with van der Waals surface area (Å²) >= 11 is 1.21. The molecule has 2 amide bonds. The Morgan fingerprint density at radius 3 is 2.57 bits per heavy atom. The van der Waals surface area contributed by atoms with Crippen LogP contribution in [0, 0.1) is 0 Å². The van der Waals surface area contributed by atoms with Crippen molar-refractivity contribution in [3.63, 3.8) is 0 Å². The molecule has 3 aromatic rings. The van der Waals surface area contributed by atoms with Crippen LogP contribution < -0.4 is 20.7 Å². The van der Waals surface area contributed by atoms with Crippen molar-refractivity contribution in [2.24, 2.45) is 0 Å². The zero-order chi connectivity index (χ0) is 23.9. The van der Waals surface area contributed by atoms with Crippen molar-refractivity contribution < 1.29 is 4.79 Å². The topological polar surface area (TPSA) is 133 Å². The van der Waals surface area contributed by atoms with E-state index in [-0.39, 0.29) is 18.1 Å². The van der Waals surface area contributed by atoms with Crippen molar-refractivity contribution in [3.05, 3.63) is 48.4 Å². The third-order valence-electron chi connectivity index (χ3n) is 6.59. The molecule has 35 heavy (non-hydrogen) atoms. The molecular weight excluding hydrogens is 462 g/mol. The number of carbonyl (C=O) groups excluding carboxylic acids is 1. The van der Waals surface area contributed by atoms with Crippen LogP contribution in [0.15, 0.2) is 47.8 Å². The number of anilines is 3. The van der Waals surface area contributed by atoms with Gasteiger partial charge in [-0.05, 0) is 56.7 Å². The highest BCUT2D eigenvalue weighted by Crippen LogP contribution is 2.34. The number of pyridine rings is 1. The minimum Gasteiger partial charge on any atom is -0.351 e. The zero-order valence-electron chi connectivity index (χ0n) is 19.5. The maximum Gasteiger partial charge on any atom is 0.325 e. The van der Waals surface area contributed by atoms with E-state index in [1.165, 1.54) is 43.3 Å². The Morgan fingerprint density at radius 1 is 0.943 bits per heavy atom. The van der Waals surface area contributed by atoms with Gasteiger partial charge in [0, 0.05) is 54.1 Å². The number of aromatic amines is 1. The summed E-state index contributed by atoms with van der Waals surface area (Å²) in [6, 6.07) is 9.77. The van der Waals surface area contributed by atoms with Gasteiger partial charge in [0.25, 0.3) is 0 Å². The predicted molar refractivity (Wildman–Crippen MR) is 137 cm³/mol. The molecular formula is C24H31N9OS. The Balaban J connectivity index is 1.06. The van der Waals surface area contributed by atoms with Gasteiger partial charge in [-0.1, -0.05) is 18.9 Å². The Morgan fingerprint density at radius 2 is 1.77 bits per heavy atom. The molecule has 2 fully saturated rings. The normalized spacial score (nSPS) is 20.3. The highest BCUT2D eigenvalue weighted by Gasteiger charge is 2.23. The van der Waals surface area contributed by atoms with Crippen LogP contribution in [0.5, 0.6) is 0 Å². The summed E-state index contributed by atoms with van der Waals surface area (Å²) in [4.78, 5) is 25.4. The molecule has 0 spiro atoms. The summed E-state index contributed by atoms with van der Waals surface area (Å²) in [7, 11) is 0. The number of nitrogens with one attached hydrogen (secondary N) is 5. The van der Waals surface area contributed by atoms with Gasteiger partial charge in [0.05, 0.1) is 0 Å². The molecule has 2 aliphatic rings. The van der Waals surface area contributed by atoms with Crippen molar-refractivity contribution in [1.82, 2.24) is 35.2 Å². The highest BCUT2D eigenvalue weighted by atomic mass is 32.2. The summed E-state index contributed by atoms with van der Waals surface area (Å²) < 4.78 is 2.79. The predicted octanol–water partition coefficient (Wildman–Crippen LogP) is 4.73. The summed E-state index contributed by atoms with van der Waals surface area (Å²) in [5.74, 6) is 2.69. The number of nitrogens with zero attached hydrogens (tertiary/aromatic N) is 4. The van der Waals surface area contributed by atoms with Gasteiger partial charge >= 0.3 is 6.03 Å². The molecule has 0 aromatic carbocycles. The molecule has 11 heteroatoms. The van der Waals surface area contributed by atoms with Gasteiger partial charge in [0.15, 0.2) is 5.82 Å². The van der Waals surface area contributed by atoms with Gasteiger partial charge in [-0.15, -0.1) is 0 Å². The second kappa shape index (κ2) is 11.4. The first-order valence-corrected chi connectivity index (χ1v) is 13.1. The van der Waals surface area contributed by atoms with Crippen molar-refractivity contribution in [1.29, 1.82) is 0 Å². The van der Waals surface area contributed by atoms with Crippen LogP contribution in [-0.2, 0) is 0 Å². The van der Waals surface area contributed by atoms with Crippen LogP contribution >= 0.6 is 11.9 Å². The second-order valence-corrected chi connectivity index (χ2v) is 9.95. The molecule has 5 rings (SSSR count). The van der Waals surface area contributed by atoms with Crippen molar-refractivity contribution in [2.75, 3.05) is 10.6 Å². The van der Waals surface area contributed by atoms with E-state index in [4.69, 9.17) is 0 Å². The Labute approximate surface area is 209 Å². The van der Waals surface area contributed by atoms with Crippen molar-refractivity contribution in [2.45, 2.75) is 74.4 Å². The van der Waals surface area contributed by atoms with Gasteiger partial charge < -0.3 is 16.0 Å². The third kappa shape index (κ3) is 6.62. The summed E-state index contributed by atoms with van der Waals surface area (Å²) in [6.07, 6.45) is 12.2. The van der Waals surface area contributed by atoms with Gasteiger partial charge in [-0.3, -0.25) is 9.82 Å². The molecule has 3 heterocycles. The van der Waals surface area contributed by atoms with Crippen LogP contribution in [0.25, 0.3) is 0 Å². The quantitative estimate of drug-likeness (QED) is 0.285. The van der Waals surface area contributed by atoms with E-state index in [0.29, 0.717) is 17.7 Å². The minimum atomic E-state index is -0.186. The molecule has 10 nitrogen and oxygen atoms in total. The number of amides is 2. The molecule has 184 valence electrons. The van der Waals surface area contributed by atoms with E-state index in [1.54, 1.807) is 12.4 Å². The Kier molecular flexibility index (Phi) is 7.62. The number of urea groups is 1. The number of hydrogen-bond acceptors (Lipinski definition) is 8. The molecule has 3 aromatic heterocycles. The average molecular weight is 494 g/mol. The van der Waals surface area contributed by atoms with Crippen LogP contribution in [0.3, 0.4) is 0 Å². The number of H-pyrrole nitrogens is 1. The van der Waals surface area contributed by atoms with Crippen molar-refractivity contribution in [3.8, 4) is 0 Å². The number of rotatable bonds is 8. The second-order valence-electron chi connectivity index (χ2n) is 9.12. The first-order chi connectivity index (χ1) is 17.2. The maximum absolute atomic E-state index is 12.2. The number of carbonyl (C=O) groups is 1. The zero-order valence-corrected chi connectivity index (χ0v) is 20.4. The van der Waals surface area contributed by atoms with E-state index < -0.39 is 0 Å². The molecule has 2 aliphatic carbocycles. The fourth-order valence-corrected chi connectivity index (χ4v) is 5.28. The van der Waals surface area contributed by atoms with E-state index in [9.17, 15) is 4.79 Å². The molecule has 0 saturated heterocycles. The molecule has 0 atom stereocenters. The molecule has 0 bridgehead atoms. The standard InChI is InChI=1S/C24H31N9OS/c34-24(33-35-22-7-3-4-13-25-22)28-18-10-8-17(9-11-18)27-23-26-14-12-20(30-23)29-21-15-19(31-32-21)16-5-1-2-6-16/h3-4,7,12-18H,1-2,5-6,8-11H2,(H2,28,33,34)(H3,26,27,29,30,31,32)/t17-,18-. The SMILES string of the molecule is O=C(NSc1ccccn1)N[C@H]1CC[C@H](Nc2nccc(Nc3cc(C4CCCC4)[nH]n3)n2)CC1. The van der Waals surface area contributed by atoms with Crippen LogP contribution in [0.2, 0.25) is 0 Å². The molecule has 0 radical (unpaired) electrons. The average Bonchev–Trinajstić information content (AvgIpc) is 3.57. The molecule has 5 N–H and O–H groups in total. The van der Waals surface area contributed by atoms with E-state index in [0.717, 1.165) is 36.5 Å². The largest absolute Gasteiger partial charge is 0.351 e. The van der Waals surface area contributed by atoms with Gasteiger partial charge in [0.1, 0.15) is 10.8 Å². The lowest BCUT2D eigenvalue weighted by atomic mass is 9.91. The molecule has 0 unspecified atom stereocenters. The van der Waals surface area contributed by atoms with Crippen molar-refractivity contribution >= 4 is 35.6 Å². The van der Waals surface area contributed by atoms with Gasteiger partial charge in [-0.25, -0.2) is 14.8 Å². The lowest BCUT2D eigenvalue weighted by Gasteiger charge is -2.29. The first-order valence-electron chi connectivity index (χ1n) is 12.3. The monoisotopic (exact) mass is 493 g/mol. The van der Waals surface area contributed by atoms with Crippen LogP contribution in [0.4, 0.5) is 22.4 Å². The van der Waals surface area contributed by atoms with Crippen LogP contribution in [0.1, 0.15) is 63.0 Å². The Hall–Kier alpha value is -3.34. The summed E-state index contributed by atoms with van der Waals surface area (Å²) in [6.45, 7) is 0. The summed E-state index contributed by atoms with van der Waals surface area (Å²) in [5.41, 5.74) is 1.20. The van der Waals surface area contributed by atoms with E-state index in [1.807, 2.05) is 24.3 Å². The molecule has 2 saturated carbocycles.